The Hall–Kier alpha value is -9.59. The predicted octanol–water partition coefficient (Wildman–Crippen LogP) is 8.28. The van der Waals surface area contributed by atoms with Crippen LogP contribution in [0, 0.1) is 0 Å². The Morgan fingerprint density at radius 2 is 1.44 bits per heavy atom. The summed E-state index contributed by atoms with van der Waals surface area (Å²) in [5.74, 6) is 0. The van der Waals surface area contributed by atoms with Crippen molar-refractivity contribution in [3.8, 4) is 33.8 Å². The fourth-order valence-corrected chi connectivity index (χ4v) is 11.6. The number of pyridine rings is 1. The van der Waals surface area contributed by atoms with Crippen molar-refractivity contribution in [3.05, 3.63) is 160 Å². The summed E-state index contributed by atoms with van der Waals surface area (Å²) in [6.07, 6.45) is 23.9. The lowest BCUT2D eigenvalue weighted by Crippen LogP contribution is -2.37. The van der Waals surface area contributed by atoms with Gasteiger partial charge >= 0.3 is 11.3 Å². The number of fused-ring (bicyclic) bond motifs is 6. The lowest BCUT2D eigenvalue weighted by molar-refractivity contribution is -0.724. The van der Waals surface area contributed by atoms with Crippen LogP contribution in [0.4, 0.5) is 0 Å². The van der Waals surface area contributed by atoms with Crippen LogP contribution < -0.4 is 4.68 Å². The third kappa shape index (κ3) is 9.77. The molecule has 398 valence electrons. The maximum Gasteiger partial charge on any atom is 0.346 e. The van der Waals surface area contributed by atoms with E-state index in [0.717, 1.165) is 62.6 Å². The minimum absolute atomic E-state index is 0.0688. The van der Waals surface area contributed by atoms with Gasteiger partial charge in [0, 0.05) is 99.5 Å². The van der Waals surface area contributed by atoms with E-state index in [9.17, 15) is 0 Å². The van der Waals surface area contributed by atoms with Gasteiger partial charge in [-0.3, -0.25) is 14.0 Å². The molecule has 14 aromatic rings. The highest BCUT2D eigenvalue weighted by molar-refractivity contribution is 7.17. The van der Waals surface area contributed by atoms with Crippen LogP contribution >= 0.6 is 22.7 Å². The molecular formula is C55H51N22OS2+. The van der Waals surface area contributed by atoms with Crippen molar-refractivity contribution in [1.82, 2.24) is 104 Å². The molecule has 13 aromatic heterocycles. The van der Waals surface area contributed by atoms with Crippen LogP contribution in [0.1, 0.15) is 65.0 Å². The van der Waals surface area contributed by atoms with Gasteiger partial charge in [-0.15, -0.1) is 38.1 Å². The van der Waals surface area contributed by atoms with Crippen molar-refractivity contribution >= 4 is 78.2 Å². The number of hydrogen-bond acceptors (Lipinski definition) is 17. The molecule has 0 spiro atoms. The van der Waals surface area contributed by atoms with Gasteiger partial charge < -0.3 is 9.14 Å². The molecule has 0 saturated carbocycles. The predicted molar refractivity (Wildman–Crippen MR) is 303 cm³/mol. The average molecular weight is 1100 g/mol. The Bertz CT molecular complexity index is 4560. The first-order valence-electron chi connectivity index (χ1n) is 25.7. The number of nitrogens with one attached hydrogen (secondary N) is 1. The van der Waals surface area contributed by atoms with Gasteiger partial charge in [0.2, 0.25) is 11.3 Å². The van der Waals surface area contributed by atoms with Gasteiger partial charge in [0.15, 0.2) is 17.0 Å². The molecule has 0 bridgehead atoms. The van der Waals surface area contributed by atoms with E-state index in [0.29, 0.717) is 54.0 Å². The zero-order chi connectivity index (χ0) is 54.4. The third-order valence-corrected chi connectivity index (χ3v) is 15.8. The summed E-state index contributed by atoms with van der Waals surface area (Å²) in [5, 5.41) is 40.5. The van der Waals surface area contributed by atoms with Crippen LogP contribution in [0.25, 0.3) is 89.3 Å². The monoisotopic (exact) mass is 1100 g/mol. The minimum atomic E-state index is -0.0688. The molecule has 1 atom stereocenters. The highest BCUT2D eigenvalue weighted by atomic mass is 32.1. The van der Waals surface area contributed by atoms with Crippen LogP contribution in [0.15, 0.2) is 128 Å². The molecule has 0 fully saturated rings. The second-order valence-corrected chi connectivity index (χ2v) is 21.6. The molecule has 25 heteroatoms. The van der Waals surface area contributed by atoms with E-state index in [2.05, 4.69) is 165 Å². The fourth-order valence-electron chi connectivity index (χ4n) is 9.50. The maximum atomic E-state index is 5.31. The number of methoxy groups -OCH3 is 1. The van der Waals surface area contributed by atoms with Crippen molar-refractivity contribution in [3.63, 3.8) is 0 Å². The number of aromatic amines is 1. The maximum absolute atomic E-state index is 5.31. The molecule has 0 radical (unpaired) electrons. The van der Waals surface area contributed by atoms with Gasteiger partial charge in [-0.25, -0.2) is 34.3 Å². The molecule has 0 amide bonds. The lowest BCUT2D eigenvalue weighted by Gasteiger charge is -2.14. The standard InChI is InChI=1S/C20H20N8O.C19H17N7S.C16H13N7S/c1-13(14-4-5-16-6-7-17(12-29-3)27(16)11-14)28-20-19(24-25-28)21-9-18(23-20)15-8-22-26(2)10-15;1-12(2)25-9-13(7-21-25)16-8-20-18-19(22-16)26(24-23-18)10-14-11-27-17-6-4-3-5-15(14)17;1-22-8-11(6-18-22)13-7-17-15-16(19-13)23(21-20-15)9-12-5-10-3-2-4-14(10)24-12/h4-11,13H,12H2,1-3H3;3-9,11-12H,10H2,1-2H3;2,4-8H,3,9H2,1H3/p+1. The van der Waals surface area contributed by atoms with Crippen LogP contribution in [-0.4, -0.2) is 111 Å². The Morgan fingerprint density at radius 3 is 2.17 bits per heavy atom. The number of benzene rings is 1. The highest BCUT2D eigenvalue weighted by Crippen LogP contribution is 2.31. The van der Waals surface area contributed by atoms with E-state index in [1.54, 1.807) is 70.1 Å². The number of hydrogen-bond donors (Lipinski definition) is 1. The molecular weight excluding hydrogens is 1050 g/mol. The number of allylic oxidation sites excluding steroid dienone is 1. The number of rotatable bonds is 12. The summed E-state index contributed by atoms with van der Waals surface area (Å²) in [7, 11) is 5.45. The third-order valence-electron chi connectivity index (χ3n) is 13.7. The van der Waals surface area contributed by atoms with Crippen LogP contribution in [0.5, 0.6) is 0 Å². The normalized spacial score (nSPS) is 12.5. The summed E-state index contributed by atoms with van der Waals surface area (Å²) < 4.78 is 19.7. The van der Waals surface area contributed by atoms with E-state index >= 15 is 0 Å². The van der Waals surface area contributed by atoms with Gasteiger partial charge in [0.1, 0.15) is 6.54 Å². The zero-order valence-corrected chi connectivity index (χ0v) is 45.9. The van der Waals surface area contributed by atoms with Gasteiger partial charge in [-0.1, -0.05) is 45.8 Å². The van der Waals surface area contributed by atoms with Crippen molar-refractivity contribution in [2.24, 2.45) is 14.1 Å². The molecule has 1 unspecified atom stereocenters. The average Bonchev–Trinajstić information content (AvgIpc) is 4.36. The van der Waals surface area contributed by atoms with Crippen LogP contribution in [-0.2, 0) is 44.9 Å². The Labute approximate surface area is 463 Å². The number of aryl methyl sites for hydroxylation is 2. The summed E-state index contributed by atoms with van der Waals surface area (Å²) in [6.45, 7) is 8.16. The van der Waals surface area contributed by atoms with Gasteiger partial charge in [-0.2, -0.15) is 20.0 Å². The fraction of sp³-hybridized carbons (Fsp3) is 0.218. The number of ether oxygens (including phenoxy) is 1. The van der Waals surface area contributed by atoms with E-state index in [1.807, 2.05) is 57.6 Å². The minimum Gasteiger partial charge on any atom is -0.378 e. The Balaban J connectivity index is 0.000000114. The van der Waals surface area contributed by atoms with E-state index in [4.69, 9.17) is 19.7 Å². The second kappa shape index (κ2) is 21.0. The van der Waals surface area contributed by atoms with Crippen molar-refractivity contribution in [2.45, 2.75) is 59.0 Å². The first kappa shape index (κ1) is 49.9. The second-order valence-electron chi connectivity index (χ2n) is 19.6. The molecule has 13 heterocycles. The first-order chi connectivity index (χ1) is 39.1. The van der Waals surface area contributed by atoms with Gasteiger partial charge in [0.25, 0.3) is 0 Å². The molecule has 15 rings (SSSR count). The van der Waals surface area contributed by atoms with E-state index < -0.39 is 0 Å². The lowest BCUT2D eigenvalue weighted by atomic mass is 10.1. The van der Waals surface area contributed by atoms with Crippen molar-refractivity contribution in [1.29, 1.82) is 0 Å². The van der Waals surface area contributed by atoms with Crippen LogP contribution in [0.3, 0.4) is 0 Å². The SMILES string of the molecule is CC(C)n1cc(-c2cnc3n[nH][n+](Cc4csc5ccccc45)c3n2)cn1.COCc1ccc2ccc(C(C)n3nnc4ncc(-c5cnn(C)c5)nc43)cn12.Cn1cc(-c2cnc3nnn(Cc4cc5c(s4)C=CC5)c3n2)cn1. The number of thiophene rings is 2. The van der Waals surface area contributed by atoms with Crippen molar-refractivity contribution < 1.29 is 9.42 Å². The van der Waals surface area contributed by atoms with Gasteiger partial charge in [-0.05, 0) is 85.5 Å². The molecule has 23 nitrogen and oxygen atoms in total. The summed E-state index contributed by atoms with van der Waals surface area (Å²) in [5.41, 5.74) is 14.8. The highest BCUT2D eigenvalue weighted by Gasteiger charge is 2.22. The molecule has 0 aliphatic heterocycles. The Kier molecular flexibility index (Phi) is 13.1. The largest absolute Gasteiger partial charge is 0.378 e. The first-order valence-corrected chi connectivity index (χ1v) is 27.4. The van der Waals surface area contributed by atoms with Crippen molar-refractivity contribution in [2.75, 3.05) is 7.11 Å². The molecule has 80 heavy (non-hydrogen) atoms. The number of aromatic nitrogens is 22. The van der Waals surface area contributed by atoms with E-state index in [1.165, 1.54) is 31.0 Å². The summed E-state index contributed by atoms with van der Waals surface area (Å²) in [6, 6.07) is 19.3. The summed E-state index contributed by atoms with van der Waals surface area (Å²) >= 11 is 3.55. The van der Waals surface area contributed by atoms with Crippen LogP contribution in [0.2, 0.25) is 0 Å². The number of H-pyrrole nitrogens is 1. The molecule has 1 N–H and O–H groups in total. The Morgan fingerprint density at radius 1 is 0.738 bits per heavy atom. The van der Waals surface area contributed by atoms with E-state index in [-0.39, 0.29) is 6.04 Å². The summed E-state index contributed by atoms with van der Waals surface area (Å²) in [4.78, 5) is 30.1. The molecule has 0 saturated heterocycles. The van der Waals surface area contributed by atoms with Gasteiger partial charge in [0.05, 0.1) is 73.3 Å². The molecule has 1 aromatic carbocycles. The molecule has 1 aliphatic rings. The quantitative estimate of drug-likeness (QED) is 0.113. The smallest absolute Gasteiger partial charge is 0.346 e. The topological polar surface area (TPSA) is 238 Å². The zero-order valence-electron chi connectivity index (χ0n) is 44.3. The number of nitrogens with zero attached hydrogens (tertiary/aromatic N) is 21. The molecule has 1 aliphatic carbocycles.